The maximum Gasteiger partial charge on any atom is 0.338 e. The molecule has 2 aromatic rings. The van der Waals surface area contributed by atoms with Crippen LogP contribution in [0, 0.1) is 13.8 Å². The average molecular weight is 690 g/mol. The van der Waals surface area contributed by atoms with Crippen molar-refractivity contribution in [2.24, 2.45) is 4.99 Å². The molecule has 0 spiro atoms. The molecule has 2 aromatic carbocycles. The molecule has 0 saturated heterocycles. The molecule has 0 radical (unpaired) electrons. The second-order valence-corrected chi connectivity index (χ2v) is 13.8. The zero-order chi connectivity index (χ0) is 36.5. The van der Waals surface area contributed by atoms with Crippen LogP contribution < -0.4 is 10.7 Å². The number of hydrogen-bond donors (Lipinski definition) is 1. The minimum absolute atomic E-state index is 0.0248. The SMILES string of the molecule is CCN=c1cc2oc3cc([NH2+]CC)c(C)cc3c(-c3ccccc3C(=O)OCCCCCCCCCCC3=CC(=O)C(C)=C(C)C3=O)c-2cc1C. The van der Waals surface area contributed by atoms with E-state index in [0.29, 0.717) is 41.9 Å². The van der Waals surface area contributed by atoms with E-state index in [0.717, 1.165) is 114 Å². The maximum atomic E-state index is 13.6. The van der Waals surface area contributed by atoms with Gasteiger partial charge >= 0.3 is 5.97 Å². The van der Waals surface area contributed by atoms with Crippen LogP contribution in [0.3, 0.4) is 0 Å². The predicted molar refractivity (Wildman–Crippen MR) is 204 cm³/mol. The van der Waals surface area contributed by atoms with Crippen LogP contribution in [0.25, 0.3) is 33.4 Å². The van der Waals surface area contributed by atoms with Crippen molar-refractivity contribution >= 4 is 34.2 Å². The van der Waals surface area contributed by atoms with E-state index in [9.17, 15) is 14.4 Å². The molecule has 0 fully saturated rings. The van der Waals surface area contributed by atoms with Gasteiger partial charge in [-0.1, -0.05) is 56.7 Å². The van der Waals surface area contributed by atoms with Crippen molar-refractivity contribution in [1.82, 2.24) is 0 Å². The third-order valence-corrected chi connectivity index (χ3v) is 10.0. The molecule has 7 nitrogen and oxygen atoms in total. The summed E-state index contributed by atoms with van der Waals surface area (Å²) < 4.78 is 12.4. The highest BCUT2D eigenvalue weighted by Crippen LogP contribution is 2.42. The molecule has 0 aromatic heterocycles. The molecule has 0 amide bonds. The summed E-state index contributed by atoms with van der Waals surface area (Å²) in [6, 6.07) is 16.2. The second kappa shape index (κ2) is 17.5. The number of unbranched alkanes of at least 4 members (excludes halogenated alkanes) is 7. The Balaban J connectivity index is 1.20. The number of quaternary nitrogens is 1. The Morgan fingerprint density at radius 3 is 2.24 bits per heavy atom. The molecule has 51 heavy (non-hydrogen) atoms. The lowest BCUT2D eigenvalue weighted by molar-refractivity contribution is -0.568. The first-order valence-corrected chi connectivity index (χ1v) is 18.7. The first-order valence-electron chi connectivity index (χ1n) is 18.7. The fourth-order valence-corrected chi connectivity index (χ4v) is 6.99. The van der Waals surface area contributed by atoms with Crippen molar-refractivity contribution in [2.75, 3.05) is 19.7 Å². The summed E-state index contributed by atoms with van der Waals surface area (Å²) in [7, 11) is 0. The number of ketones is 2. The molecule has 2 N–H and O–H groups in total. The summed E-state index contributed by atoms with van der Waals surface area (Å²) in [5, 5.41) is 4.08. The zero-order valence-corrected chi connectivity index (χ0v) is 31.2. The van der Waals surface area contributed by atoms with E-state index in [1.54, 1.807) is 13.8 Å². The van der Waals surface area contributed by atoms with Gasteiger partial charge in [-0.15, -0.1) is 0 Å². The maximum absolute atomic E-state index is 13.6. The number of aryl methyl sites for hydroxylation is 2. The molecular formula is C44H53N2O5+. The molecule has 0 unspecified atom stereocenters. The van der Waals surface area contributed by atoms with E-state index in [-0.39, 0.29) is 17.5 Å². The Kier molecular flexibility index (Phi) is 12.9. The minimum Gasteiger partial charge on any atom is -0.462 e. The summed E-state index contributed by atoms with van der Waals surface area (Å²) in [5.74, 6) is 0.413. The number of benzene rings is 3. The van der Waals surface area contributed by atoms with Gasteiger partial charge < -0.3 is 14.5 Å². The van der Waals surface area contributed by atoms with Gasteiger partial charge in [0.15, 0.2) is 11.6 Å². The summed E-state index contributed by atoms with van der Waals surface area (Å²) >= 11 is 0. The average Bonchev–Trinajstić information content (AvgIpc) is 3.12. The van der Waals surface area contributed by atoms with Crippen molar-refractivity contribution in [1.29, 1.82) is 0 Å². The standard InChI is InChI=1S/C44H52N2O5/c1-7-45-37-26-40-35(23-28(37)3)42(36-24-29(4)38(46-8-2)27-41(36)51-40)33-20-16-17-21-34(33)44(49)50-22-18-14-12-10-9-11-13-15-19-32-25-39(47)30(5)31(6)43(32)48/h16-17,20-21,23-27,45H,7-15,18-19,22H2,1-6H3/p+1. The molecule has 268 valence electrons. The molecule has 1 heterocycles. The number of carbonyl (C=O) groups is 3. The van der Waals surface area contributed by atoms with Crippen LogP contribution in [0.2, 0.25) is 0 Å². The van der Waals surface area contributed by atoms with Crippen molar-refractivity contribution in [3.63, 3.8) is 0 Å². The fourth-order valence-electron chi connectivity index (χ4n) is 6.99. The van der Waals surface area contributed by atoms with E-state index in [1.807, 2.05) is 37.3 Å². The number of allylic oxidation sites excluding steroid dienone is 4. The molecule has 0 bridgehead atoms. The van der Waals surface area contributed by atoms with Gasteiger partial charge in [-0.05, 0) is 96.2 Å². The van der Waals surface area contributed by atoms with Crippen LogP contribution in [0.1, 0.15) is 107 Å². The Hall–Kier alpha value is -4.62. The predicted octanol–water partition coefficient (Wildman–Crippen LogP) is 9.04. The molecular weight excluding hydrogens is 636 g/mol. The van der Waals surface area contributed by atoms with Gasteiger partial charge in [0, 0.05) is 57.5 Å². The molecule has 0 atom stereocenters. The Labute approximate surface area is 302 Å². The van der Waals surface area contributed by atoms with Crippen LogP contribution in [-0.2, 0) is 14.3 Å². The van der Waals surface area contributed by atoms with Crippen molar-refractivity contribution in [3.8, 4) is 22.5 Å². The Morgan fingerprint density at radius 1 is 0.804 bits per heavy atom. The highest BCUT2D eigenvalue weighted by atomic mass is 16.5. The summed E-state index contributed by atoms with van der Waals surface area (Å²) in [6.45, 7) is 13.8. The quantitative estimate of drug-likeness (QED) is 0.0416. The van der Waals surface area contributed by atoms with Gasteiger partial charge in [-0.2, -0.15) is 0 Å². The van der Waals surface area contributed by atoms with E-state index in [4.69, 9.17) is 9.15 Å². The Bertz CT molecular complexity index is 2030. The number of esters is 1. The lowest BCUT2D eigenvalue weighted by Gasteiger charge is -2.19. The fraction of sp³-hybridized carbons (Fsp3) is 0.409. The van der Waals surface area contributed by atoms with Crippen molar-refractivity contribution in [2.45, 2.75) is 99.3 Å². The molecule has 5 rings (SSSR count). The lowest BCUT2D eigenvalue weighted by atomic mass is 9.88. The summed E-state index contributed by atoms with van der Waals surface area (Å²) in [5.41, 5.74) is 9.22. The normalized spacial score (nSPS) is 13.8. The van der Waals surface area contributed by atoms with Gasteiger partial charge in [-0.3, -0.25) is 14.6 Å². The van der Waals surface area contributed by atoms with Gasteiger partial charge in [-0.25, -0.2) is 4.79 Å². The van der Waals surface area contributed by atoms with Gasteiger partial charge in [0.25, 0.3) is 0 Å². The first-order chi connectivity index (χ1) is 24.6. The van der Waals surface area contributed by atoms with E-state index < -0.39 is 0 Å². The molecule has 7 heteroatoms. The number of carbonyl (C=O) groups excluding carboxylic acids is 3. The number of rotatable bonds is 16. The van der Waals surface area contributed by atoms with Crippen LogP contribution in [0.4, 0.5) is 5.69 Å². The number of Topliss-reactive ketones (excluding diaryl/α,β-unsaturated/α-hetero) is 1. The monoisotopic (exact) mass is 689 g/mol. The molecule has 0 saturated carbocycles. The summed E-state index contributed by atoms with van der Waals surface area (Å²) in [6.07, 6.45) is 10.4. The van der Waals surface area contributed by atoms with E-state index >= 15 is 0 Å². The third-order valence-electron chi connectivity index (χ3n) is 10.0. The van der Waals surface area contributed by atoms with Gasteiger partial charge in [0.1, 0.15) is 17.0 Å². The lowest BCUT2D eigenvalue weighted by Crippen LogP contribution is -2.77. The van der Waals surface area contributed by atoms with Gasteiger partial charge in [0.05, 0.1) is 24.1 Å². The first kappa shape index (κ1) is 37.6. The van der Waals surface area contributed by atoms with E-state index in [2.05, 4.69) is 49.3 Å². The zero-order valence-electron chi connectivity index (χ0n) is 31.2. The van der Waals surface area contributed by atoms with Crippen LogP contribution in [0.5, 0.6) is 0 Å². The van der Waals surface area contributed by atoms with Crippen molar-refractivity contribution in [3.05, 3.63) is 93.4 Å². The van der Waals surface area contributed by atoms with E-state index in [1.165, 1.54) is 6.08 Å². The minimum atomic E-state index is -0.316. The van der Waals surface area contributed by atoms with Crippen molar-refractivity contribution < 1.29 is 28.9 Å². The number of ether oxygens (including phenoxy) is 1. The highest BCUT2D eigenvalue weighted by molar-refractivity contribution is 6.22. The number of nitrogens with zero attached hydrogens (tertiary/aromatic N) is 1. The van der Waals surface area contributed by atoms with Crippen LogP contribution in [-0.4, -0.2) is 37.2 Å². The molecule has 1 aliphatic heterocycles. The number of nitrogens with two attached hydrogens (primary N) is 1. The van der Waals surface area contributed by atoms with Gasteiger partial charge in [0.2, 0.25) is 0 Å². The number of fused-ring (bicyclic) bond motifs is 2. The van der Waals surface area contributed by atoms with Crippen LogP contribution in [0.15, 0.2) is 80.7 Å². The Morgan fingerprint density at radius 2 is 1.51 bits per heavy atom. The largest absolute Gasteiger partial charge is 0.462 e. The molecule has 2 aliphatic carbocycles. The van der Waals surface area contributed by atoms with Crippen LogP contribution >= 0.6 is 0 Å². The summed E-state index contributed by atoms with van der Waals surface area (Å²) in [4.78, 5) is 42.8. The molecule has 3 aliphatic rings. The topological polar surface area (TPSA) is 103 Å². The second-order valence-electron chi connectivity index (χ2n) is 13.8. The third kappa shape index (κ3) is 8.82. The smallest absolute Gasteiger partial charge is 0.338 e. The number of hydrogen-bond acceptors (Lipinski definition) is 6. The highest BCUT2D eigenvalue weighted by Gasteiger charge is 2.24.